The van der Waals surface area contributed by atoms with Crippen LogP contribution < -0.4 is 0 Å². The van der Waals surface area contributed by atoms with Gasteiger partial charge in [0.05, 0.1) is 6.10 Å². The van der Waals surface area contributed by atoms with Gasteiger partial charge in [0.2, 0.25) is 0 Å². The van der Waals surface area contributed by atoms with E-state index in [2.05, 4.69) is 32.2 Å². The van der Waals surface area contributed by atoms with Crippen molar-refractivity contribution in [1.29, 1.82) is 0 Å². The van der Waals surface area contributed by atoms with E-state index < -0.39 is 0 Å². The van der Waals surface area contributed by atoms with Crippen LogP contribution in [0.15, 0.2) is 17.5 Å². The predicted molar refractivity (Wildman–Crippen MR) is 66.1 cm³/mol. The van der Waals surface area contributed by atoms with Crippen molar-refractivity contribution < 1.29 is 5.11 Å². The van der Waals surface area contributed by atoms with E-state index in [1.807, 2.05) is 6.08 Å². The third-order valence-corrected chi connectivity index (χ3v) is 3.87. The minimum absolute atomic E-state index is 0.220. The predicted octanol–water partition coefficient (Wildman–Crippen LogP) is 3.62. The molecule has 1 atom stereocenters. The summed E-state index contributed by atoms with van der Waals surface area (Å²) in [6.45, 7) is 6.60. The SMILES string of the molecule is Cc1sccc1C1=CC(O)CC(C)(C)C1. The van der Waals surface area contributed by atoms with Gasteiger partial charge in [0.1, 0.15) is 0 Å². The fraction of sp³-hybridized carbons (Fsp3) is 0.538. The average Bonchev–Trinajstić information content (AvgIpc) is 2.47. The molecule has 0 amide bonds. The van der Waals surface area contributed by atoms with Crippen molar-refractivity contribution in [3.05, 3.63) is 28.0 Å². The van der Waals surface area contributed by atoms with Crippen molar-refractivity contribution >= 4 is 16.9 Å². The van der Waals surface area contributed by atoms with Crippen LogP contribution in [0, 0.1) is 12.3 Å². The van der Waals surface area contributed by atoms with Crippen LogP contribution in [0.25, 0.3) is 5.57 Å². The highest BCUT2D eigenvalue weighted by molar-refractivity contribution is 7.10. The van der Waals surface area contributed by atoms with E-state index in [-0.39, 0.29) is 11.5 Å². The van der Waals surface area contributed by atoms with E-state index in [0.29, 0.717) is 0 Å². The molecule has 1 heterocycles. The maximum absolute atomic E-state index is 9.83. The van der Waals surface area contributed by atoms with Gasteiger partial charge in [-0.1, -0.05) is 19.9 Å². The van der Waals surface area contributed by atoms with Crippen LogP contribution in [-0.2, 0) is 0 Å². The zero-order valence-corrected chi connectivity index (χ0v) is 10.4. The van der Waals surface area contributed by atoms with E-state index in [4.69, 9.17) is 0 Å². The second-order valence-corrected chi connectivity index (χ2v) is 6.32. The highest BCUT2D eigenvalue weighted by Gasteiger charge is 2.28. The molecule has 1 N–H and O–H groups in total. The molecule has 1 aromatic rings. The number of thiophene rings is 1. The van der Waals surface area contributed by atoms with E-state index >= 15 is 0 Å². The summed E-state index contributed by atoms with van der Waals surface area (Å²) in [7, 11) is 0. The summed E-state index contributed by atoms with van der Waals surface area (Å²) in [4.78, 5) is 1.35. The minimum Gasteiger partial charge on any atom is -0.389 e. The lowest BCUT2D eigenvalue weighted by molar-refractivity contribution is 0.146. The Morgan fingerprint density at radius 1 is 1.47 bits per heavy atom. The fourth-order valence-corrected chi connectivity index (χ4v) is 3.14. The molecule has 1 aliphatic rings. The Bertz CT molecular complexity index is 387. The Balaban J connectivity index is 2.34. The molecule has 1 nitrogen and oxygen atoms in total. The van der Waals surface area contributed by atoms with Gasteiger partial charge in [-0.2, -0.15) is 0 Å². The zero-order chi connectivity index (χ0) is 11.1. The second-order valence-electron chi connectivity index (χ2n) is 5.19. The molecule has 1 aromatic heterocycles. The van der Waals surface area contributed by atoms with Crippen molar-refractivity contribution in [3.8, 4) is 0 Å². The summed E-state index contributed by atoms with van der Waals surface area (Å²) in [5, 5.41) is 12.0. The van der Waals surface area contributed by atoms with Crippen molar-refractivity contribution in [2.45, 2.75) is 39.7 Å². The lowest BCUT2D eigenvalue weighted by Gasteiger charge is -2.32. The molecular weight excluding hydrogens is 204 g/mol. The first-order valence-corrected chi connectivity index (χ1v) is 6.29. The van der Waals surface area contributed by atoms with Crippen LogP contribution in [0.4, 0.5) is 0 Å². The maximum atomic E-state index is 9.83. The van der Waals surface area contributed by atoms with Gasteiger partial charge in [0.25, 0.3) is 0 Å². The molecule has 1 aliphatic carbocycles. The number of hydrogen-bond acceptors (Lipinski definition) is 2. The van der Waals surface area contributed by atoms with E-state index in [0.717, 1.165) is 12.8 Å². The van der Waals surface area contributed by atoms with Crippen molar-refractivity contribution in [3.63, 3.8) is 0 Å². The Kier molecular flexibility index (Phi) is 2.73. The van der Waals surface area contributed by atoms with Gasteiger partial charge in [0, 0.05) is 4.88 Å². The third-order valence-electron chi connectivity index (χ3n) is 3.03. The van der Waals surface area contributed by atoms with Crippen molar-refractivity contribution in [1.82, 2.24) is 0 Å². The molecule has 0 aliphatic heterocycles. The molecule has 1 unspecified atom stereocenters. The second kappa shape index (κ2) is 3.76. The lowest BCUT2D eigenvalue weighted by Crippen LogP contribution is -2.24. The van der Waals surface area contributed by atoms with Gasteiger partial charge in [-0.15, -0.1) is 11.3 Å². The van der Waals surface area contributed by atoms with Crippen LogP contribution in [0.1, 0.15) is 37.1 Å². The third kappa shape index (κ3) is 2.32. The summed E-state index contributed by atoms with van der Waals surface area (Å²) in [5.74, 6) is 0. The first-order chi connectivity index (χ1) is 6.98. The number of rotatable bonds is 1. The van der Waals surface area contributed by atoms with Crippen molar-refractivity contribution in [2.24, 2.45) is 5.41 Å². The van der Waals surface area contributed by atoms with Gasteiger partial charge in [-0.3, -0.25) is 0 Å². The first-order valence-electron chi connectivity index (χ1n) is 5.41. The number of allylic oxidation sites excluding steroid dienone is 1. The largest absolute Gasteiger partial charge is 0.389 e. The molecule has 82 valence electrons. The summed E-state index contributed by atoms with van der Waals surface area (Å²) in [5.41, 5.74) is 2.86. The molecule has 0 saturated heterocycles. The summed E-state index contributed by atoms with van der Waals surface area (Å²) in [6, 6.07) is 2.17. The van der Waals surface area contributed by atoms with Crippen LogP contribution in [-0.4, -0.2) is 11.2 Å². The Morgan fingerprint density at radius 2 is 2.20 bits per heavy atom. The quantitative estimate of drug-likeness (QED) is 0.769. The fourth-order valence-electron chi connectivity index (χ4n) is 2.41. The average molecular weight is 222 g/mol. The van der Waals surface area contributed by atoms with Crippen LogP contribution in [0.3, 0.4) is 0 Å². The van der Waals surface area contributed by atoms with Gasteiger partial charge in [-0.25, -0.2) is 0 Å². The lowest BCUT2D eigenvalue weighted by atomic mass is 9.74. The number of aliphatic hydroxyl groups is 1. The number of hydrogen-bond donors (Lipinski definition) is 1. The number of aliphatic hydroxyl groups excluding tert-OH is 1. The smallest absolute Gasteiger partial charge is 0.0732 e. The molecule has 15 heavy (non-hydrogen) atoms. The van der Waals surface area contributed by atoms with Crippen molar-refractivity contribution in [2.75, 3.05) is 0 Å². The molecule has 0 bridgehead atoms. The Labute approximate surface area is 95.5 Å². The topological polar surface area (TPSA) is 20.2 Å². The van der Waals surface area contributed by atoms with Gasteiger partial charge in [-0.05, 0) is 47.8 Å². The van der Waals surface area contributed by atoms with Crippen LogP contribution in [0.2, 0.25) is 0 Å². The van der Waals surface area contributed by atoms with Gasteiger partial charge >= 0.3 is 0 Å². The highest BCUT2D eigenvalue weighted by Crippen LogP contribution is 2.41. The van der Waals surface area contributed by atoms with Crippen LogP contribution >= 0.6 is 11.3 Å². The zero-order valence-electron chi connectivity index (χ0n) is 9.58. The normalized spacial score (nSPS) is 25.1. The van der Waals surface area contributed by atoms with E-state index in [1.165, 1.54) is 16.0 Å². The van der Waals surface area contributed by atoms with Gasteiger partial charge in [0.15, 0.2) is 0 Å². The molecule has 0 aromatic carbocycles. The molecule has 0 radical (unpaired) electrons. The molecule has 2 rings (SSSR count). The van der Waals surface area contributed by atoms with E-state index in [1.54, 1.807) is 11.3 Å². The first kappa shape index (κ1) is 10.9. The monoisotopic (exact) mass is 222 g/mol. The molecule has 0 spiro atoms. The Morgan fingerprint density at radius 3 is 2.73 bits per heavy atom. The summed E-state index contributed by atoms with van der Waals surface area (Å²) in [6.07, 6.45) is 3.70. The summed E-state index contributed by atoms with van der Waals surface area (Å²) < 4.78 is 0. The summed E-state index contributed by atoms with van der Waals surface area (Å²) >= 11 is 1.78. The molecule has 0 saturated carbocycles. The molecule has 0 fully saturated rings. The highest BCUT2D eigenvalue weighted by atomic mass is 32.1. The minimum atomic E-state index is -0.275. The van der Waals surface area contributed by atoms with E-state index in [9.17, 15) is 5.11 Å². The number of aryl methyl sites for hydroxylation is 1. The van der Waals surface area contributed by atoms with Crippen LogP contribution in [0.5, 0.6) is 0 Å². The standard InChI is InChI=1S/C13H18OS/c1-9-12(4-5-15-9)10-6-11(14)8-13(2,3)7-10/h4-6,11,14H,7-8H2,1-3H3. The molecular formula is C13H18OS. The Hall–Kier alpha value is -0.600. The van der Waals surface area contributed by atoms with Gasteiger partial charge < -0.3 is 5.11 Å². The molecule has 2 heteroatoms. The maximum Gasteiger partial charge on any atom is 0.0732 e.